The van der Waals surface area contributed by atoms with Crippen molar-refractivity contribution in [3.63, 3.8) is 0 Å². The van der Waals surface area contributed by atoms with Crippen molar-refractivity contribution in [1.29, 1.82) is 0 Å². The van der Waals surface area contributed by atoms with Crippen LogP contribution < -0.4 is 10.2 Å². The fraction of sp³-hybridized carbons (Fsp3) is 0.211. The fourth-order valence-electron chi connectivity index (χ4n) is 2.48. The van der Waals surface area contributed by atoms with E-state index in [-0.39, 0.29) is 12.5 Å². The molecule has 1 amide bonds. The molecule has 0 atom stereocenters. The lowest BCUT2D eigenvalue weighted by Crippen LogP contribution is -2.25. The van der Waals surface area contributed by atoms with Gasteiger partial charge in [-0.1, -0.05) is 19.1 Å². The molecular weight excluding hydrogens is 316 g/mol. The van der Waals surface area contributed by atoms with Gasteiger partial charge in [-0.2, -0.15) is 5.10 Å². The summed E-state index contributed by atoms with van der Waals surface area (Å²) < 4.78 is 5.54. The lowest BCUT2D eigenvalue weighted by atomic mass is 10.2. The lowest BCUT2D eigenvalue weighted by molar-refractivity contribution is -0.123. The highest BCUT2D eigenvalue weighted by molar-refractivity contribution is 5.89. The summed E-state index contributed by atoms with van der Waals surface area (Å²) in [5, 5.41) is 5.10. The van der Waals surface area contributed by atoms with Crippen molar-refractivity contribution in [3.05, 3.63) is 59.5 Å². The van der Waals surface area contributed by atoms with E-state index < -0.39 is 0 Å². The van der Waals surface area contributed by atoms with Crippen LogP contribution in [0, 0.1) is 6.92 Å². The summed E-state index contributed by atoms with van der Waals surface area (Å²) in [6, 6.07) is 11.6. The van der Waals surface area contributed by atoms with Crippen LogP contribution in [-0.2, 0) is 11.2 Å². The average molecular weight is 336 g/mol. The third-order valence-electron chi connectivity index (χ3n) is 3.75. The Morgan fingerprint density at radius 3 is 3.04 bits per heavy atom. The topological polar surface area (TPSA) is 79.4 Å². The first-order valence-corrected chi connectivity index (χ1v) is 8.14. The van der Waals surface area contributed by atoms with Gasteiger partial charge in [-0.05, 0) is 48.6 Å². The highest BCUT2D eigenvalue weighted by Crippen LogP contribution is 2.17. The molecule has 0 aliphatic carbocycles. The number of pyridine rings is 1. The third kappa shape index (κ3) is 4.23. The summed E-state index contributed by atoms with van der Waals surface area (Å²) in [6.45, 7) is 3.82. The van der Waals surface area contributed by atoms with Crippen molar-refractivity contribution in [2.75, 3.05) is 6.61 Å². The van der Waals surface area contributed by atoms with Gasteiger partial charge in [0.15, 0.2) is 6.61 Å². The number of aromatic nitrogens is 2. The number of hydrogen-bond acceptors (Lipinski definition) is 4. The Morgan fingerprint density at radius 1 is 1.32 bits per heavy atom. The molecular formula is C19H20N4O2. The Kier molecular flexibility index (Phi) is 5.09. The van der Waals surface area contributed by atoms with Crippen molar-refractivity contribution in [2.45, 2.75) is 20.3 Å². The number of hydrazone groups is 1. The van der Waals surface area contributed by atoms with E-state index in [1.165, 1.54) is 0 Å². The zero-order valence-corrected chi connectivity index (χ0v) is 14.2. The van der Waals surface area contributed by atoms with Gasteiger partial charge >= 0.3 is 0 Å². The lowest BCUT2D eigenvalue weighted by Gasteiger charge is -2.09. The van der Waals surface area contributed by atoms with Crippen molar-refractivity contribution in [3.8, 4) is 5.75 Å². The molecule has 0 radical (unpaired) electrons. The highest BCUT2D eigenvalue weighted by atomic mass is 16.5. The predicted octanol–water partition coefficient (Wildman–Crippen LogP) is 2.96. The number of hydrogen-bond donors (Lipinski definition) is 2. The Hall–Kier alpha value is -3.15. The van der Waals surface area contributed by atoms with E-state index in [1.54, 1.807) is 6.21 Å². The minimum atomic E-state index is -0.320. The van der Waals surface area contributed by atoms with Crippen LogP contribution in [0.25, 0.3) is 10.9 Å². The van der Waals surface area contributed by atoms with Gasteiger partial charge in [-0.15, -0.1) is 0 Å². The first-order valence-electron chi connectivity index (χ1n) is 8.14. The standard InChI is InChI=1S/C19H20N4O2/c1-3-16-18(7-4-13(2)22-16)25-12-19(24)23-21-11-14-5-6-15-8-9-20-17(15)10-14/h4-11,20H,3,12H2,1-2H3,(H,23,24)/b21-11+. The second kappa shape index (κ2) is 7.61. The first kappa shape index (κ1) is 16.7. The molecule has 2 aromatic heterocycles. The first-order chi connectivity index (χ1) is 12.2. The van der Waals surface area contributed by atoms with Crippen LogP contribution in [0.15, 0.2) is 47.7 Å². The summed E-state index contributed by atoms with van der Waals surface area (Å²) in [4.78, 5) is 19.4. The highest BCUT2D eigenvalue weighted by Gasteiger charge is 2.07. The molecule has 2 N–H and O–H groups in total. The van der Waals surface area contributed by atoms with Crippen LogP contribution in [0.3, 0.4) is 0 Å². The van der Waals surface area contributed by atoms with Crippen LogP contribution in [0.2, 0.25) is 0 Å². The smallest absolute Gasteiger partial charge is 0.277 e. The number of amides is 1. The second-order valence-electron chi connectivity index (χ2n) is 5.66. The molecule has 6 nitrogen and oxygen atoms in total. The number of nitrogens with zero attached hydrogens (tertiary/aromatic N) is 2. The maximum atomic E-state index is 11.9. The monoisotopic (exact) mass is 336 g/mol. The predicted molar refractivity (Wildman–Crippen MR) is 97.9 cm³/mol. The van der Waals surface area contributed by atoms with Crippen molar-refractivity contribution >= 4 is 23.0 Å². The zero-order chi connectivity index (χ0) is 17.6. The SMILES string of the molecule is CCc1nc(C)ccc1OCC(=O)N/N=C/c1ccc2cc[nH]c2c1. The Morgan fingerprint density at radius 2 is 2.20 bits per heavy atom. The van der Waals surface area contributed by atoms with E-state index in [4.69, 9.17) is 4.74 Å². The van der Waals surface area contributed by atoms with Crippen molar-refractivity contribution in [2.24, 2.45) is 5.10 Å². The van der Waals surface area contributed by atoms with Gasteiger partial charge in [0, 0.05) is 17.4 Å². The number of benzene rings is 1. The van der Waals surface area contributed by atoms with Crippen LogP contribution >= 0.6 is 0 Å². The van der Waals surface area contributed by atoms with E-state index in [9.17, 15) is 4.79 Å². The Labute approximate surface area is 145 Å². The van der Waals surface area contributed by atoms with Gasteiger partial charge in [0.25, 0.3) is 5.91 Å². The fourth-order valence-corrected chi connectivity index (χ4v) is 2.48. The van der Waals surface area contributed by atoms with E-state index in [0.717, 1.165) is 34.3 Å². The van der Waals surface area contributed by atoms with Crippen LogP contribution in [0.4, 0.5) is 0 Å². The number of H-pyrrole nitrogens is 1. The number of aromatic amines is 1. The molecule has 0 aliphatic heterocycles. The molecule has 2 heterocycles. The minimum absolute atomic E-state index is 0.106. The van der Waals surface area contributed by atoms with Crippen LogP contribution in [0.1, 0.15) is 23.9 Å². The molecule has 0 saturated heterocycles. The molecule has 0 bridgehead atoms. The minimum Gasteiger partial charge on any atom is -0.482 e. The number of carbonyl (C=O) groups is 1. The molecule has 0 aliphatic rings. The number of carbonyl (C=O) groups excluding carboxylic acids is 1. The van der Waals surface area contributed by atoms with E-state index in [2.05, 4.69) is 20.5 Å². The molecule has 0 spiro atoms. The molecule has 0 saturated carbocycles. The Bertz CT molecular complexity index is 915. The number of fused-ring (bicyclic) bond motifs is 1. The van der Waals surface area contributed by atoms with Crippen LogP contribution in [0.5, 0.6) is 5.75 Å². The number of aryl methyl sites for hydroxylation is 2. The summed E-state index contributed by atoms with van der Waals surface area (Å²) in [7, 11) is 0. The van der Waals surface area contributed by atoms with E-state index in [0.29, 0.717) is 5.75 Å². The maximum Gasteiger partial charge on any atom is 0.277 e. The summed E-state index contributed by atoms with van der Waals surface area (Å²) >= 11 is 0. The van der Waals surface area contributed by atoms with Crippen molar-refractivity contribution in [1.82, 2.24) is 15.4 Å². The summed E-state index contributed by atoms with van der Waals surface area (Å²) in [5.41, 5.74) is 6.16. The maximum absolute atomic E-state index is 11.9. The number of rotatable bonds is 6. The van der Waals surface area contributed by atoms with Crippen LogP contribution in [-0.4, -0.2) is 28.7 Å². The Balaban J connectivity index is 1.54. The molecule has 0 fully saturated rings. The molecule has 1 aromatic carbocycles. The van der Waals surface area contributed by atoms with Gasteiger partial charge in [0.05, 0.1) is 11.9 Å². The van der Waals surface area contributed by atoms with Gasteiger partial charge in [-0.3, -0.25) is 9.78 Å². The number of ether oxygens (including phenoxy) is 1. The van der Waals surface area contributed by atoms with Gasteiger partial charge in [0.2, 0.25) is 0 Å². The van der Waals surface area contributed by atoms with E-state index >= 15 is 0 Å². The van der Waals surface area contributed by atoms with Gasteiger partial charge in [0.1, 0.15) is 5.75 Å². The van der Waals surface area contributed by atoms with E-state index in [1.807, 2.05) is 56.4 Å². The second-order valence-corrected chi connectivity index (χ2v) is 5.66. The third-order valence-corrected chi connectivity index (χ3v) is 3.75. The van der Waals surface area contributed by atoms with Gasteiger partial charge < -0.3 is 9.72 Å². The average Bonchev–Trinajstić information content (AvgIpc) is 3.08. The summed E-state index contributed by atoms with van der Waals surface area (Å²) in [6.07, 6.45) is 4.23. The molecule has 6 heteroatoms. The largest absolute Gasteiger partial charge is 0.482 e. The molecule has 3 aromatic rings. The molecule has 3 rings (SSSR count). The molecule has 0 unspecified atom stereocenters. The zero-order valence-electron chi connectivity index (χ0n) is 14.2. The molecule has 25 heavy (non-hydrogen) atoms. The summed E-state index contributed by atoms with van der Waals surface area (Å²) in [5.74, 6) is 0.309. The quantitative estimate of drug-likeness (QED) is 0.536. The molecule has 128 valence electrons. The number of nitrogens with one attached hydrogen (secondary N) is 2. The normalized spacial score (nSPS) is 11.1. The van der Waals surface area contributed by atoms with Gasteiger partial charge in [-0.25, -0.2) is 5.43 Å². The van der Waals surface area contributed by atoms with Crippen molar-refractivity contribution < 1.29 is 9.53 Å².